The molecule has 0 unspecified atom stereocenters. The number of hydrogen-bond acceptors (Lipinski definition) is 8. The number of nitrogens with zero attached hydrogens (tertiary/aromatic N) is 5. The molecule has 36 heavy (non-hydrogen) atoms. The number of nitro groups is 2. The number of amides is 1. The standard InChI is InChI=1S/C23H25ClN6O5S/c24-17-5-7-19(21(15-17)30(34)35)27-10-12-28(13-11-27)23(36)25-22(31)16-4-6-18(20(14-16)29(32)33)26-8-2-1-3-9-26/h4-7,14-15H,1-3,8-13H2,(H,25,31,36). The highest BCUT2D eigenvalue weighted by Gasteiger charge is 2.27. The van der Waals surface area contributed by atoms with Crippen LogP contribution in [-0.4, -0.2) is 65.0 Å². The fraction of sp³-hybridized carbons (Fsp3) is 0.391. The van der Waals surface area contributed by atoms with Gasteiger partial charge >= 0.3 is 0 Å². The molecule has 0 atom stereocenters. The summed E-state index contributed by atoms with van der Waals surface area (Å²) < 4.78 is 0. The average molecular weight is 533 g/mol. The van der Waals surface area contributed by atoms with Crippen LogP contribution in [0.3, 0.4) is 0 Å². The van der Waals surface area contributed by atoms with E-state index in [1.165, 1.54) is 12.1 Å². The van der Waals surface area contributed by atoms with Gasteiger partial charge < -0.3 is 14.7 Å². The number of halogens is 1. The van der Waals surface area contributed by atoms with Gasteiger partial charge in [0.1, 0.15) is 11.4 Å². The molecule has 190 valence electrons. The molecule has 2 aliphatic heterocycles. The summed E-state index contributed by atoms with van der Waals surface area (Å²) in [7, 11) is 0. The van der Waals surface area contributed by atoms with Crippen molar-refractivity contribution in [2.45, 2.75) is 19.3 Å². The van der Waals surface area contributed by atoms with Gasteiger partial charge in [0.05, 0.1) is 9.85 Å². The van der Waals surface area contributed by atoms with E-state index in [1.807, 2.05) is 9.80 Å². The largest absolute Gasteiger partial charge is 0.366 e. The molecule has 1 N–H and O–H groups in total. The van der Waals surface area contributed by atoms with Crippen molar-refractivity contribution in [2.75, 3.05) is 49.1 Å². The Hall–Kier alpha value is -3.51. The van der Waals surface area contributed by atoms with Gasteiger partial charge in [-0.2, -0.15) is 0 Å². The van der Waals surface area contributed by atoms with E-state index in [4.69, 9.17) is 23.8 Å². The minimum absolute atomic E-state index is 0.0681. The Morgan fingerprint density at radius 2 is 1.39 bits per heavy atom. The van der Waals surface area contributed by atoms with Gasteiger partial charge in [-0.15, -0.1) is 0 Å². The van der Waals surface area contributed by atoms with E-state index in [0.717, 1.165) is 32.4 Å². The van der Waals surface area contributed by atoms with Gasteiger partial charge in [-0.3, -0.25) is 30.3 Å². The van der Waals surface area contributed by atoms with Gasteiger partial charge in [-0.1, -0.05) is 11.6 Å². The molecule has 0 spiro atoms. The molecule has 2 aromatic carbocycles. The van der Waals surface area contributed by atoms with Gasteiger partial charge in [0, 0.05) is 62.0 Å². The zero-order valence-electron chi connectivity index (χ0n) is 19.4. The molecule has 0 aliphatic carbocycles. The van der Waals surface area contributed by atoms with Crippen molar-refractivity contribution < 1.29 is 14.6 Å². The molecule has 11 nitrogen and oxygen atoms in total. The van der Waals surface area contributed by atoms with Gasteiger partial charge in [0.15, 0.2) is 5.11 Å². The van der Waals surface area contributed by atoms with Crippen molar-refractivity contribution in [3.63, 3.8) is 0 Å². The summed E-state index contributed by atoms with van der Waals surface area (Å²) in [5, 5.41) is 26.3. The zero-order chi connectivity index (χ0) is 25.8. The highest BCUT2D eigenvalue weighted by atomic mass is 35.5. The maximum Gasteiger partial charge on any atom is 0.294 e. The summed E-state index contributed by atoms with van der Waals surface area (Å²) >= 11 is 11.3. The Kier molecular flexibility index (Phi) is 7.85. The monoisotopic (exact) mass is 532 g/mol. The molecule has 4 rings (SSSR count). The molecule has 2 fully saturated rings. The Labute approximate surface area is 217 Å². The van der Waals surface area contributed by atoms with Crippen LogP contribution in [0.25, 0.3) is 0 Å². The van der Waals surface area contributed by atoms with E-state index in [-0.39, 0.29) is 27.1 Å². The predicted octanol–water partition coefficient (Wildman–Crippen LogP) is 3.98. The Bertz CT molecular complexity index is 1200. The summed E-state index contributed by atoms with van der Waals surface area (Å²) in [6.07, 6.45) is 3.06. The smallest absolute Gasteiger partial charge is 0.294 e. The fourth-order valence-electron chi connectivity index (χ4n) is 4.52. The SMILES string of the molecule is O=C(NC(=S)N1CCN(c2ccc(Cl)cc2[N+](=O)[O-])CC1)c1ccc(N2CCCCC2)c([N+](=O)[O-])c1. The summed E-state index contributed by atoms with van der Waals surface area (Å²) in [6.45, 7) is 3.28. The quantitative estimate of drug-likeness (QED) is 0.345. The molecule has 1 amide bonds. The van der Waals surface area contributed by atoms with Crippen LogP contribution < -0.4 is 15.1 Å². The van der Waals surface area contributed by atoms with Gasteiger partial charge in [0.2, 0.25) is 0 Å². The number of anilines is 2. The van der Waals surface area contributed by atoms with Crippen LogP contribution >= 0.6 is 23.8 Å². The van der Waals surface area contributed by atoms with Crippen molar-refractivity contribution in [3.05, 3.63) is 67.2 Å². The summed E-state index contributed by atoms with van der Waals surface area (Å²) in [4.78, 5) is 40.7. The number of carbonyl (C=O) groups is 1. The molecule has 13 heteroatoms. The molecule has 0 aromatic heterocycles. The van der Waals surface area contributed by atoms with Gasteiger partial charge in [-0.05, 0) is 55.7 Å². The number of hydrogen-bond donors (Lipinski definition) is 1. The van der Waals surface area contributed by atoms with Crippen molar-refractivity contribution in [1.29, 1.82) is 0 Å². The first-order valence-corrected chi connectivity index (χ1v) is 12.4. The van der Waals surface area contributed by atoms with Crippen LogP contribution in [0.15, 0.2) is 36.4 Å². The maximum absolute atomic E-state index is 12.8. The minimum atomic E-state index is -0.524. The van der Waals surface area contributed by atoms with E-state index >= 15 is 0 Å². The molecule has 2 aliphatic rings. The number of benzene rings is 2. The van der Waals surface area contributed by atoms with E-state index in [1.54, 1.807) is 29.2 Å². The van der Waals surface area contributed by atoms with E-state index in [9.17, 15) is 25.0 Å². The Morgan fingerprint density at radius 1 is 0.833 bits per heavy atom. The fourth-order valence-corrected chi connectivity index (χ4v) is 4.96. The second kappa shape index (κ2) is 11.0. The van der Waals surface area contributed by atoms with Crippen LogP contribution in [-0.2, 0) is 0 Å². The highest BCUT2D eigenvalue weighted by Crippen LogP contribution is 2.32. The molecule has 2 aromatic rings. The number of piperidine rings is 1. The van der Waals surface area contributed by atoms with Crippen molar-refractivity contribution in [3.8, 4) is 0 Å². The zero-order valence-corrected chi connectivity index (χ0v) is 21.0. The molecule has 2 heterocycles. The summed E-state index contributed by atoms with van der Waals surface area (Å²) in [6, 6.07) is 9.04. The second-order valence-corrected chi connectivity index (χ2v) is 9.45. The van der Waals surface area contributed by atoms with Crippen molar-refractivity contribution in [1.82, 2.24) is 10.2 Å². The maximum atomic E-state index is 12.8. The van der Waals surface area contributed by atoms with Crippen LogP contribution in [0.1, 0.15) is 29.6 Å². The summed E-state index contributed by atoms with van der Waals surface area (Å²) in [5.41, 5.74) is 0.974. The first kappa shape index (κ1) is 25.6. The Balaban J connectivity index is 1.39. The highest BCUT2D eigenvalue weighted by molar-refractivity contribution is 7.80. The minimum Gasteiger partial charge on any atom is -0.366 e. The van der Waals surface area contributed by atoms with Gasteiger partial charge in [0.25, 0.3) is 17.3 Å². The van der Waals surface area contributed by atoms with E-state index < -0.39 is 15.8 Å². The van der Waals surface area contributed by atoms with Crippen LogP contribution in [0.2, 0.25) is 5.02 Å². The Morgan fingerprint density at radius 3 is 2.00 bits per heavy atom. The van der Waals surface area contributed by atoms with Crippen LogP contribution in [0.4, 0.5) is 22.7 Å². The lowest BCUT2D eigenvalue weighted by Gasteiger charge is -2.37. The van der Waals surface area contributed by atoms with Crippen molar-refractivity contribution >= 4 is 57.6 Å². The lowest BCUT2D eigenvalue weighted by molar-refractivity contribution is -0.384. The molecule has 0 radical (unpaired) electrons. The molecule has 2 saturated heterocycles. The second-order valence-electron chi connectivity index (χ2n) is 8.63. The lowest BCUT2D eigenvalue weighted by Crippen LogP contribution is -2.52. The number of rotatable bonds is 5. The number of nitrogens with one attached hydrogen (secondary N) is 1. The molecule has 0 bridgehead atoms. The summed E-state index contributed by atoms with van der Waals surface area (Å²) in [5.74, 6) is -0.524. The van der Waals surface area contributed by atoms with Gasteiger partial charge in [-0.25, -0.2) is 0 Å². The molecular weight excluding hydrogens is 508 g/mol. The third-order valence-corrected chi connectivity index (χ3v) is 6.99. The lowest BCUT2D eigenvalue weighted by atomic mass is 10.1. The number of nitro benzene ring substituents is 2. The predicted molar refractivity (Wildman–Crippen MR) is 141 cm³/mol. The van der Waals surface area contributed by atoms with E-state index in [2.05, 4.69) is 5.32 Å². The third-order valence-electron chi connectivity index (χ3n) is 6.39. The number of carbonyl (C=O) groups excluding carboxylic acids is 1. The van der Waals surface area contributed by atoms with Crippen molar-refractivity contribution in [2.24, 2.45) is 0 Å². The number of thiocarbonyl (C=S) groups is 1. The number of piperazine rings is 1. The topological polar surface area (TPSA) is 125 Å². The molecule has 0 saturated carbocycles. The first-order valence-electron chi connectivity index (χ1n) is 11.6. The normalized spacial score (nSPS) is 16.0. The molecular formula is C23H25ClN6O5S. The van der Waals surface area contributed by atoms with Crippen LogP contribution in [0, 0.1) is 20.2 Å². The van der Waals surface area contributed by atoms with Crippen LogP contribution in [0.5, 0.6) is 0 Å². The average Bonchev–Trinajstić information content (AvgIpc) is 2.88. The van der Waals surface area contributed by atoms with E-state index in [0.29, 0.717) is 37.6 Å². The third kappa shape index (κ3) is 5.65. The first-order chi connectivity index (χ1) is 17.2.